The number of primary amides is 1. The number of carbonyl (C=O) groups excluding carboxylic acids is 1. The normalized spacial score (nSPS) is 9.81. The summed E-state index contributed by atoms with van der Waals surface area (Å²) in [6, 6.07) is 3.74. The van der Waals surface area contributed by atoms with Crippen LogP contribution in [0.4, 0.5) is 11.5 Å². The molecule has 1 aromatic heterocycles. The number of ether oxygens (including phenoxy) is 1. The van der Waals surface area contributed by atoms with Crippen LogP contribution in [0.5, 0.6) is 0 Å². The summed E-state index contributed by atoms with van der Waals surface area (Å²) < 4.78 is 5.01. The van der Waals surface area contributed by atoms with Crippen molar-refractivity contribution in [3.8, 4) is 0 Å². The Balaban J connectivity index is 2.23. The van der Waals surface area contributed by atoms with E-state index in [1.54, 1.807) is 6.20 Å². The van der Waals surface area contributed by atoms with E-state index in [1.165, 1.54) is 0 Å². The molecule has 88 valence electrons. The van der Waals surface area contributed by atoms with Gasteiger partial charge in [0.2, 0.25) is 5.91 Å². The molecule has 0 atom stereocenters. The van der Waals surface area contributed by atoms with Gasteiger partial charge in [-0.15, -0.1) is 0 Å². The molecule has 0 spiro atoms. The van der Waals surface area contributed by atoms with Crippen molar-refractivity contribution < 1.29 is 9.53 Å². The molecule has 0 saturated carbocycles. The number of pyridine rings is 1. The van der Waals surface area contributed by atoms with Crippen LogP contribution in [-0.2, 0) is 9.53 Å². The number of amides is 1. The quantitative estimate of drug-likeness (QED) is 0.569. The van der Waals surface area contributed by atoms with Crippen molar-refractivity contribution in [2.75, 3.05) is 37.4 Å². The lowest BCUT2D eigenvalue weighted by Crippen LogP contribution is -2.20. The molecule has 1 rings (SSSR count). The minimum atomic E-state index is -0.457. The molecule has 16 heavy (non-hydrogen) atoms. The Morgan fingerprint density at radius 1 is 1.62 bits per heavy atom. The Hall–Kier alpha value is -1.82. The van der Waals surface area contributed by atoms with E-state index in [9.17, 15) is 4.79 Å². The first-order valence-corrected chi connectivity index (χ1v) is 4.96. The molecule has 0 aliphatic carbocycles. The number of aromatic nitrogens is 1. The van der Waals surface area contributed by atoms with Crippen LogP contribution in [0.1, 0.15) is 0 Å². The Morgan fingerprint density at radius 2 is 2.44 bits per heavy atom. The predicted octanol–water partition coefficient (Wildman–Crippen LogP) is 0.0371. The molecule has 1 heterocycles. The summed E-state index contributed by atoms with van der Waals surface area (Å²) in [4.78, 5) is 14.5. The number of anilines is 2. The Bertz CT molecular complexity index is 343. The highest BCUT2D eigenvalue weighted by Crippen LogP contribution is 2.10. The molecule has 1 amide bonds. The van der Waals surface area contributed by atoms with Crippen LogP contribution in [0.2, 0.25) is 0 Å². The van der Waals surface area contributed by atoms with E-state index in [-0.39, 0.29) is 6.61 Å². The maximum atomic E-state index is 10.4. The molecular formula is C10H16N4O2. The molecular weight excluding hydrogens is 208 g/mol. The second-order valence-corrected chi connectivity index (χ2v) is 3.13. The Labute approximate surface area is 94.2 Å². The number of rotatable bonds is 7. The first kappa shape index (κ1) is 12.3. The highest BCUT2D eigenvalue weighted by molar-refractivity contribution is 5.74. The van der Waals surface area contributed by atoms with Gasteiger partial charge < -0.3 is 21.1 Å². The molecule has 0 unspecified atom stereocenters. The zero-order valence-electron chi connectivity index (χ0n) is 9.19. The second-order valence-electron chi connectivity index (χ2n) is 3.13. The van der Waals surface area contributed by atoms with E-state index >= 15 is 0 Å². The second kappa shape index (κ2) is 6.62. The largest absolute Gasteiger partial charge is 0.383 e. The van der Waals surface area contributed by atoms with E-state index in [1.807, 2.05) is 19.2 Å². The summed E-state index contributed by atoms with van der Waals surface area (Å²) >= 11 is 0. The van der Waals surface area contributed by atoms with E-state index in [2.05, 4.69) is 15.6 Å². The van der Waals surface area contributed by atoms with Gasteiger partial charge in [-0.1, -0.05) is 0 Å². The smallest absolute Gasteiger partial charge is 0.243 e. The van der Waals surface area contributed by atoms with Gasteiger partial charge in [0.15, 0.2) is 0 Å². The number of hydrogen-bond donors (Lipinski definition) is 3. The van der Waals surface area contributed by atoms with Crippen molar-refractivity contribution in [2.24, 2.45) is 5.73 Å². The summed E-state index contributed by atoms with van der Waals surface area (Å²) in [6.07, 6.45) is 1.71. The molecule has 0 aliphatic heterocycles. The van der Waals surface area contributed by atoms with Crippen LogP contribution in [-0.4, -0.2) is 37.7 Å². The number of hydrogen-bond acceptors (Lipinski definition) is 5. The third-order valence-corrected chi connectivity index (χ3v) is 1.84. The fourth-order valence-corrected chi connectivity index (χ4v) is 1.12. The first-order chi connectivity index (χ1) is 7.72. The summed E-state index contributed by atoms with van der Waals surface area (Å²) in [5.74, 6) is 0.337. The van der Waals surface area contributed by atoms with Crippen molar-refractivity contribution in [3.05, 3.63) is 18.3 Å². The maximum absolute atomic E-state index is 10.4. The van der Waals surface area contributed by atoms with Crippen LogP contribution in [0.15, 0.2) is 18.3 Å². The minimum Gasteiger partial charge on any atom is -0.383 e. The van der Waals surface area contributed by atoms with E-state index in [0.717, 1.165) is 11.5 Å². The van der Waals surface area contributed by atoms with Gasteiger partial charge >= 0.3 is 0 Å². The Morgan fingerprint density at radius 3 is 3.12 bits per heavy atom. The van der Waals surface area contributed by atoms with Crippen molar-refractivity contribution in [1.82, 2.24) is 4.98 Å². The van der Waals surface area contributed by atoms with Gasteiger partial charge in [0, 0.05) is 31.5 Å². The van der Waals surface area contributed by atoms with Gasteiger partial charge in [-0.3, -0.25) is 4.79 Å². The zero-order valence-corrected chi connectivity index (χ0v) is 9.19. The van der Waals surface area contributed by atoms with Crippen molar-refractivity contribution in [2.45, 2.75) is 0 Å². The lowest BCUT2D eigenvalue weighted by Gasteiger charge is -2.07. The van der Waals surface area contributed by atoms with Gasteiger partial charge in [0.1, 0.15) is 12.4 Å². The number of nitrogens with one attached hydrogen (secondary N) is 2. The van der Waals surface area contributed by atoms with E-state index in [0.29, 0.717) is 13.2 Å². The fraction of sp³-hybridized carbons (Fsp3) is 0.400. The SMILES string of the molecule is CNc1cc(NCCOCC(N)=O)ccn1. The summed E-state index contributed by atoms with van der Waals surface area (Å²) in [7, 11) is 1.81. The topological polar surface area (TPSA) is 89.3 Å². The maximum Gasteiger partial charge on any atom is 0.243 e. The van der Waals surface area contributed by atoms with Gasteiger partial charge in [0.05, 0.1) is 6.61 Å². The third-order valence-electron chi connectivity index (χ3n) is 1.84. The van der Waals surface area contributed by atoms with Gasteiger partial charge in [-0.2, -0.15) is 0 Å². The molecule has 0 saturated heterocycles. The highest BCUT2D eigenvalue weighted by atomic mass is 16.5. The number of nitrogens with two attached hydrogens (primary N) is 1. The van der Waals surface area contributed by atoms with Crippen LogP contribution in [0.25, 0.3) is 0 Å². The predicted molar refractivity (Wildman–Crippen MR) is 62.3 cm³/mol. The van der Waals surface area contributed by atoms with Crippen molar-refractivity contribution in [3.63, 3.8) is 0 Å². The first-order valence-electron chi connectivity index (χ1n) is 4.96. The number of carbonyl (C=O) groups is 1. The van der Waals surface area contributed by atoms with Crippen LogP contribution >= 0.6 is 0 Å². The molecule has 1 aromatic rings. The average Bonchev–Trinajstić information content (AvgIpc) is 2.28. The summed E-state index contributed by atoms with van der Waals surface area (Å²) in [5, 5.41) is 6.08. The molecule has 0 aromatic carbocycles. The van der Waals surface area contributed by atoms with Crippen LogP contribution in [0, 0.1) is 0 Å². The summed E-state index contributed by atoms with van der Waals surface area (Å²) in [5.41, 5.74) is 5.87. The molecule has 6 nitrogen and oxygen atoms in total. The molecule has 4 N–H and O–H groups in total. The minimum absolute atomic E-state index is 0.0419. The molecule has 0 aliphatic rings. The molecule has 0 radical (unpaired) electrons. The highest BCUT2D eigenvalue weighted by Gasteiger charge is 1.96. The standard InChI is InChI=1S/C10H16N4O2/c1-12-10-6-8(2-3-14-10)13-4-5-16-7-9(11)15/h2-3,6H,4-5,7H2,1H3,(H2,11,15)(H2,12,13,14). The van der Waals surface area contributed by atoms with Gasteiger partial charge in [-0.25, -0.2) is 4.98 Å². The van der Waals surface area contributed by atoms with Crippen molar-refractivity contribution in [1.29, 1.82) is 0 Å². The van der Waals surface area contributed by atoms with Crippen LogP contribution in [0.3, 0.4) is 0 Å². The molecule has 0 bridgehead atoms. The monoisotopic (exact) mass is 224 g/mol. The lowest BCUT2D eigenvalue weighted by molar-refractivity contribution is -0.122. The molecule has 6 heteroatoms. The van der Waals surface area contributed by atoms with E-state index < -0.39 is 5.91 Å². The average molecular weight is 224 g/mol. The molecule has 0 fully saturated rings. The summed E-state index contributed by atoms with van der Waals surface area (Å²) in [6.45, 7) is 1.00. The lowest BCUT2D eigenvalue weighted by atomic mass is 10.4. The Kier molecular flexibility index (Phi) is 5.07. The van der Waals surface area contributed by atoms with Crippen LogP contribution < -0.4 is 16.4 Å². The number of nitrogens with zero attached hydrogens (tertiary/aromatic N) is 1. The van der Waals surface area contributed by atoms with Crippen molar-refractivity contribution >= 4 is 17.4 Å². The van der Waals surface area contributed by atoms with E-state index in [4.69, 9.17) is 10.5 Å². The zero-order chi connectivity index (χ0) is 11.8. The third kappa shape index (κ3) is 4.61. The van der Waals surface area contributed by atoms with Gasteiger partial charge in [-0.05, 0) is 6.07 Å². The fourth-order valence-electron chi connectivity index (χ4n) is 1.12. The van der Waals surface area contributed by atoms with Gasteiger partial charge in [0.25, 0.3) is 0 Å².